The van der Waals surface area contributed by atoms with Gasteiger partial charge in [0, 0.05) is 18.0 Å². The van der Waals surface area contributed by atoms with Crippen LogP contribution in [-0.2, 0) is 0 Å². The summed E-state index contributed by atoms with van der Waals surface area (Å²) in [6.45, 7) is 1.90. The molecule has 1 aromatic heterocycles. The third kappa shape index (κ3) is 1.91. The van der Waals surface area contributed by atoms with Gasteiger partial charge < -0.3 is 5.73 Å². The molecule has 0 spiro atoms. The predicted octanol–water partition coefficient (Wildman–Crippen LogP) is 1.55. The van der Waals surface area contributed by atoms with Crippen molar-refractivity contribution in [1.82, 2.24) is 9.97 Å². The van der Waals surface area contributed by atoms with Gasteiger partial charge in [0.2, 0.25) is 5.91 Å². The molecular weight excluding hydrogens is 202 g/mol. The molecule has 1 amide bonds. The number of amides is 1. The Morgan fingerprint density at radius 3 is 2.56 bits per heavy atom. The minimum Gasteiger partial charge on any atom is -0.366 e. The van der Waals surface area contributed by atoms with Gasteiger partial charge in [-0.25, -0.2) is 9.97 Å². The van der Waals surface area contributed by atoms with Crippen molar-refractivity contribution in [2.24, 2.45) is 5.73 Å². The minimum absolute atomic E-state index is 0.450. The molecule has 0 bridgehead atoms. The smallest absolute Gasteiger partial charge is 0.249 e. The first kappa shape index (κ1) is 10.3. The normalized spacial score (nSPS) is 10.1. The Morgan fingerprint density at radius 1 is 1.25 bits per heavy atom. The quantitative estimate of drug-likeness (QED) is 0.822. The summed E-state index contributed by atoms with van der Waals surface area (Å²) in [6, 6.07) is 7.18. The Kier molecular flexibility index (Phi) is 2.64. The molecule has 1 heterocycles. The molecule has 2 aromatic rings. The maximum absolute atomic E-state index is 11.3. The van der Waals surface area contributed by atoms with E-state index in [9.17, 15) is 4.79 Å². The highest BCUT2D eigenvalue weighted by atomic mass is 16.1. The molecule has 4 nitrogen and oxygen atoms in total. The molecule has 2 rings (SSSR count). The van der Waals surface area contributed by atoms with E-state index in [0.29, 0.717) is 17.0 Å². The third-order valence-corrected chi connectivity index (χ3v) is 2.25. The van der Waals surface area contributed by atoms with Crippen LogP contribution in [0.4, 0.5) is 0 Å². The van der Waals surface area contributed by atoms with Crippen molar-refractivity contribution in [2.75, 3.05) is 0 Å². The number of nitrogens with zero attached hydrogens (tertiary/aromatic N) is 2. The van der Waals surface area contributed by atoms with Crippen LogP contribution >= 0.6 is 0 Å². The van der Waals surface area contributed by atoms with Crippen LogP contribution < -0.4 is 5.73 Å². The van der Waals surface area contributed by atoms with Crippen molar-refractivity contribution in [1.29, 1.82) is 0 Å². The number of benzene rings is 1. The Balaban J connectivity index is 2.61. The summed E-state index contributed by atoms with van der Waals surface area (Å²) in [4.78, 5) is 19.5. The van der Waals surface area contributed by atoms with Crippen LogP contribution in [-0.4, -0.2) is 15.9 Å². The van der Waals surface area contributed by atoms with Crippen LogP contribution in [0.5, 0.6) is 0 Å². The second kappa shape index (κ2) is 4.10. The first-order chi connectivity index (χ1) is 7.68. The average Bonchev–Trinajstić information content (AvgIpc) is 2.30. The van der Waals surface area contributed by atoms with Gasteiger partial charge in [-0.05, 0) is 19.1 Å². The average molecular weight is 213 g/mol. The van der Waals surface area contributed by atoms with Crippen LogP contribution in [0.3, 0.4) is 0 Å². The first-order valence-electron chi connectivity index (χ1n) is 4.86. The van der Waals surface area contributed by atoms with Crippen molar-refractivity contribution < 1.29 is 4.79 Å². The Morgan fingerprint density at radius 2 is 1.94 bits per heavy atom. The molecule has 0 aliphatic heterocycles. The highest BCUT2D eigenvalue weighted by Crippen LogP contribution is 2.20. The van der Waals surface area contributed by atoms with Crippen LogP contribution in [0.2, 0.25) is 0 Å². The fourth-order valence-corrected chi connectivity index (χ4v) is 1.50. The molecule has 0 radical (unpaired) electrons. The number of aromatic nitrogens is 2. The zero-order valence-corrected chi connectivity index (χ0v) is 8.84. The molecular formula is C12H11N3O. The zero-order valence-electron chi connectivity index (χ0n) is 8.84. The van der Waals surface area contributed by atoms with Crippen LogP contribution in [0.15, 0.2) is 36.7 Å². The second-order valence-corrected chi connectivity index (χ2v) is 3.49. The molecule has 0 aliphatic carbocycles. The van der Waals surface area contributed by atoms with Gasteiger partial charge in [-0.3, -0.25) is 4.79 Å². The highest BCUT2D eigenvalue weighted by Gasteiger charge is 2.11. The lowest BCUT2D eigenvalue weighted by atomic mass is 10.0. The Hall–Kier alpha value is -2.23. The molecule has 16 heavy (non-hydrogen) atoms. The molecule has 2 N–H and O–H groups in total. The molecule has 80 valence electrons. The summed E-state index contributed by atoms with van der Waals surface area (Å²) in [7, 11) is 0. The van der Waals surface area contributed by atoms with Gasteiger partial charge in [0.25, 0.3) is 0 Å². The molecule has 0 saturated heterocycles. The van der Waals surface area contributed by atoms with Crippen LogP contribution in [0.25, 0.3) is 11.4 Å². The fraction of sp³-hybridized carbons (Fsp3) is 0.0833. The predicted molar refractivity (Wildman–Crippen MR) is 60.7 cm³/mol. The number of carbonyl (C=O) groups excluding carboxylic acids is 1. The lowest BCUT2D eigenvalue weighted by Gasteiger charge is -2.05. The molecule has 0 aliphatic rings. The van der Waals surface area contributed by atoms with Crippen molar-refractivity contribution >= 4 is 5.91 Å². The van der Waals surface area contributed by atoms with Gasteiger partial charge in [0.1, 0.15) is 0 Å². The van der Waals surface area contributed by atoms with Gasteiger partial charge >= 0.3 is 0 Å². The van der Waals surface area contributed by atoms with E-state index in [2.05, 4.69) is 9.97 Å². The van der Waals surface area contributed by atoms with E-state index in [1.807, 2.05) is 19.1 Å². The fourth-order valence-electron chi connectivity index (χ4n) is 1.50. The van der Waals surface area contributed by atoms with Gasteiger partial charge in [0.15, 0.2) is 5.82 Å². The van der Waals surface area contributed by atoms with E-state index in [1.165, 1.54) is 0 Å². The van der Waals surface area contributed by atoms with Crippen molar-refractivity contribution in [2.45, 2.75) is 6.92 Å². The van der Waals surface area contributed by atoms with Gasteiger partial charge in [-0.2, -0.15) is 0 Å². The molecule has 0 unspecified atom stereocenters. The minimum atomic E-state index is -0.467. The van der Waals surface area contributed by atoms with Crippen molar-refractivity contribution in [3.8, 4) is 11.4 Å². The van der Waals surface area contributed by atoms with E-state index in [0.717, 1.165) is 5.56 Å². The van der Waals surface area contributed by atoms with Crippen LogP contribution in [0.1, 0.15) is 15.9 Å². The molecule has 0 fully saturated rings. The van der Waals surface area contributed by atoms with Crippen molar-refractivity contribution in [3.05, 3.63) is 47.8 Å². The van der Waals surface area contributed by atoms with Gasteiger partial charge in [0.05, 0.1) is 5.56 Å². The number of aryl methyl sites for hydroxylation is 1. The summed E-state index contributed by atoms with van der Waals surface area (Å²) in [5.74, 6) is 0.0439. The number of hydrogen-bond donors (Lipinski definition) is 1. The Bertz CT molecular complexity index is 523. The first-order valence-corrected chi connectivity index (χ1v) is 4.86. The Labute approximate surface area is 93.2 Å². The SMILES string of the molecule is Cc1ccc(-c2ncccn2)c(C(N)=O)c1. The molecule has 1 aromatic carbocycles. The van der Waals surface area contributed by atoms with E-state index < -0.39 is 5.91 Å². The van der Waals surface area contributed by atoms with Gasteiger partial charge in [-0.1, -0.05) is 17.7 Å². The number of carbonyl (C=O) groups is 1. The number of rotatable bonds is 2. The summed E-state index contributed by atoms with van der Waals surface area (Å²) in [5, 5.41) is 0. The zero-order chi connectivity index (χ0) is 11.5. The third-order valence-electron chi connectivity index (χ3n) is 2.25. The standard InChI is InChI=1S/C12H11N3O/c1-8-3-4-9(10(7-8)11(13)16)12-14-5-2-6-15-12/h2-7H,1H3,(H2,13,16). The van der Waals surface area contributed by atoms with Crippen LogP contribution in [0, 0.1) is 6.92 Å². The summed E-state index contributed by atoms with van der Waals surface area (Å²) in [6.07, 6.45) is 3.26. The maximum atomic E-state index is 11.3. The van der Waals surface area contributed by atoms with E-state index in [4.69, 9.17) is 5.73 Å². The maximum Gasteiger partial charge on any atom is 0.249 e. The lowest BCUT2D eigenvalue weighted by Crippen LogP contribution is -2.13. The molecule has 4 heteroatoms. The molecule has 0 atom stereocenters. The summed E-state index contributed by atoms with van der Waals surface area (Å²) >= 11 is 0. The lowest BCUT2D eigenvalue weighted by molar-refractivity contribution is 0.100. The van der Waals surface area contributed by atoms with E-state index >= 15 is 0 Å². The monoisotopic (exact) mass is 213 g/mol. The highest BCUT2D eigenvalue weighted by molar-refractivity contribution is 5.99. The topological polar surface area (TPSA) is 68.9 Å². The van der Waals surface area contributed by atoms with E-state index in [-0.39, 0.29) is 0 Å². The number of nitrogens with two attached hydrogens (primary N) is 1. The molecule has 0 saturated carbocycles. The van der Waals surface area contributed by atoms with Gasteiger partial charge in [-0.15, -0.1) is 0 Å². The number of primary amides is 1. The summed E-state index contributed by atoms with van der Waals surface area (Å²) in [5.41, 5.74) is 7.42. The van der Waals surface area contributed by atoms with Crippen molar-refractivity contribution in [3.63, 3.8) is 0 Å². The summed E-state index contributed by atoms with van der Waals surface area (Å²) < 4.78 is 0. The number of hydrogen-bond acceptors (Lipinski definition) is 3. The second-order valence-electron chi connectivity index (χ2n) is 3.49. The van der Waals surface area contributed by atoms with E-state index in [1.54, 1.807) is 24.5 Å². The largest absolute Gasteiger partial charge is 0.366 e.